The smallest absolute Gasteiger partial charge is 0.315 e. The van der Waals surface area contributed by atoms with Crippen LogP contribution in [-0.2, 0) is 14.3 Å². The topological polar surface area (TPSA) is 95.7 Å². The molecule has 2 aliphatic heterocycles. The van der Waals surface area contributed by atoms with Gasteiger partial charge in [-0.3, -0.25) is 9.69 Å². The second-order valence-corrected chi connectivity index (χ2v) is 12.9. The van der Waals surface area contributed by atoms with E-state index in [4.69, 9.17) is 21.1 Å². The quantitative estimate of drug-likeness (QED) is 0.145. The Morgan fingerprint density at radius 2 is 2.07 bits per heavy atom. The van der Waals surface area contributed by atoms with Gasteiger partial charge in [-0.2, -0.15) is 11.8 Å². The number of halogens is 1. The normalized spacial score (nSPS) is 23.8. The van der Waals surface area contributed by atoms with Crippen molar-refractivity contribution in [2.75, 3.05) is 32.6 Å². The lowest BCUT2D eigenvalue weighted by atomic mass is 9.92. The first-order valence-corrected chi connectivity index (χ1v) is 16.3. The summed E-state index contributed by atoms with van der Waals surface area (Å²) < 4.78 is 11.3. The minimum absolute atomic E-state index is 0.0631. The summed E-state index contributed by atoms with van der Waals surface area (Å²) in [5.41, 5.74) is 3.48. The van der Waals surface area contributed by atoms with Crippen molar-refractivity contribution in [3.63, 3.8) is 0 Å². The molecule has 5 atom stereocenters. The molecule has 3 heterocycles. The van der Waals surface area contributed by atoms with E-state index in [0.29, 0.717) is 18.3 Å². The average Bonchev–Trinajstić information content (AvgIpc) is 3.56. The highest BCUT2D eigenvalue weighted by Gasteiger charge is 2.42. The number of aromatic nitrogens is 1. The van der Waals surface area contributed by atoms with Gasteiger partial charge in [0.2, 0.25) is 0 Å². The number of aromatic amines is 1. The molecular formula is C32H41ClN4O4S. The van der Waals surface area contributed by atoms with Crippen LogP contribution in [0.1, 0.15) is 49.9 Å². The first-order chi connectivity index (χ1) is 20.3. The summed E-state index contributed by atoms with van der Waals surface area (Å²) >= 11 is 8.18. The maximum absolute atomic E-state index is 12.2. The third kappa shape index (κ3) is 7.18. The molecule has 2 amide bonds. The highest BCUT2D eigenvalue weighted by molar-refractivity contribution is 8.00. The number of esters is 1. The van der Waals surface area contributed by atoms with E-state index in [0.717, 1.165) is 53.2 Å². The third-order valence-corrected chi connectivity index (χ3v) is 10.2. The van der Waals surface area contributed by atoms with E-state index in [1.807, 2.05) is 48.2 Å². The van der Waals surface area contributed by atoms with Gasteiger partial charge >= 0.3 is 12.0 Å². The minimum Gasteiger partial charge on any atom is -0.490 e. The van der Waals surface area contributed by atoms with Crippen LogP contribution in [0.25, 0.3) is 10.9 Å². The minimum atomic E-state index is -0.197. The molecule has 0 radical (unpaired) electrons. The van der Waals surface area contributed by atoms with Crippen molar-refractivity contribution >= 4 is 46.3 Å². The lowest BCUT2D eigenvalue weighted by Crippen LogP contribution is -2.36. The van der Waals surface area contributed by atoms with Gasteiger partial charge in [0.15, 0.2) is 0 Å². The highest BCUT2D eigenvalue weighted by atomic mass is 35.5. The van der Waals surface area contributed by atoms with Crippen LogP contribution in [0.4, 0.5) is 4.79 Å². The maximum Gasteiger partial charge on any atom is 0.315 e. The van der Waals surface area contributed by atoms with Gasteiger partial charge < -0.3 is 25.1 Å². The number of ether oxygens (including phenoxy) is 2. The van der Waals surface area contributed by atoms with Crippen LogP contribution in [-0.4, -0.2) is 71.8 Å². The molecule has 2 fully saturated rings. The van der Waals surface area contributed by atoms with Crippen molar-refractivity contribution in [1.29, 1.82) is 0 Å². The number of rotatable bonds is 13. The molecule has 5 unspecified atom stereocenters. The van der Waals surface area contributed by atoms with Gasteiger partial charge in [-0.15, -0.1) is 0 Å². The molecule has 2 saturated heterocycles. The second kappa shape index (κ2) is 14.1. The number of nitrogens with zero attached hydrogens (tertiary/aromatic N) is 1. The van der Waals surface area contributed by atoms with E-state index in [1.165, 1.54) is 11.3 Å². The number of hydrogen-bond acceptors (Lipinski definition) is 6. The van der Waals surface area contributed by atoms with E-state index in [1.54, 1.807) is 0 Å². The molecule has 42 heavy (non-hydrogen) atoms. The molecule has 10 heteroatoms. The number of nitrogens with one attached hydrogen (secondary N) is 3. The second-order valence-electron chi connectivity index (χ2n) is 11.2. The van der Waals surface area contributed by atoms with Gasteiger partial charge in [-0.1, -0.05) is 43.2 Å². The van der Waals surface area contributed by atoms with E-state index >= 15 is 0 Å². The Labute approximate surface area is 257 Å². The van der Waals surface area contributed by atoms with Gasteiger partial charge in [0.1, 0.15) is 19.0 Å². The SMILES string of the molecule is CCN(C)C(c1[nH]c2ccc(Cl)cc2c1C)C1C=CC=C(OCCOC(=O)CCCCC2SCC3NC(=O)NC32)C=C1. The van der Waals surface area contributed by atoms with Crippen molar-refractivity contribution in [2.45, 2.75) is 62.9 Å². The zero-order valence-electron chi connectivity index (χ0n) is 24.5. The molecule has 0 saturated carbocycles. The maximum atomic E-state index is 12.2. The Morgan fingerprint density at radius 3 is 2.90 bits per heavy atom. The van der Waals surface area contributed by atoms with E-state index in [-0.39, 0.29) is 42.7 Å². The number of benzene rings is 1. The number of amides is 2. The molecular weight excluding hydrogens is 572 g/mol. The molecule has 1 aromatic heterocycles. The Kier molecular flexibility index (Phi) is 10.2. The van der Waals surface area contributed by atoms with E-state index < -0.39 is 0 Å². The van der Waals surface area contributed by atoms with Crippen LogP contribution < -0.4 is 10.6 Å². The molecule has 3 aliphatic rings. The zero-order chi connectivity index (χ0) is 29.6. The molecule has 5 rings (SSSR count). The fourth-order valence-electron chi connectivity index (χ4n) is 6.07. The van der Waals surface area contributed by atoms with Crippen LogP contribution in [0.15, 0.2) is 54.3 Å². The molecule has 8 nitrogen and oxygen atoms in total. The number of fused-ring (bicyclic) bond motifs is 2. The lowest BCUT2D eigenvalue weighted by Gasteiger charge is -2.31. The highest BCUT2D eigenvalue weighted by Crippen LogP contribution is 2.37. The summed E-state index contributed by atoms with van der Waals surface area (Å²) in [6.45, 7) is 5.73. The number of unbranched alkanes of at least 4 members (excludes halogenated alkanes) is 1. The van der Waals surface area contributed by atoms with Gasteiger partial charge in [0.25, 0.3) is 0 Å². The molecule has 1 aliphatic carbocycles. The Hall–Kier alpha value is -2.88. The fraction of sp³-hybridized carbons (Fsp3) is 0.500. The lowest BCUT2D eigenvalue weighted by molar-refractivity contribution is -0.144. The Balaban J connectivity index is 1.06. The largest absolute Gasteiger partial charge is 0.490 e. The first kappa shape index (κ1) is 30.6. The average molecular weight is 613 g/mol. The van der Waals surface area contributed by atoms with E-state index in [2.05, 4.69) is 53.6 Å². The van der Waals surface area contributed by atoms with Gasteiger partial charge in [-0.25, -0.2) is 4.79 Å². The molecule has 226 valence electrons. The van der Waals surface area contributed by atoms with Crippen LogP contribution in [0.3, 0.4) is 0 Å². The number of H-pyrrole nitrogens is 1. The number of hydrogen-bond donors (Lipinski definition) is 3. The van der Waals surface area contributed by atoms with Crippen molar-refractivity contribution < 1.29 is 19.1 Å². The summed E-state index contributed by atoms with van der Waals surface area (Å²) in [5, 5.41) is 8.27. The van der Waals surface area contributed by atoms with Crippen LogP contribution in [0.5, 0.6) is 0 Å². The molecule has 0 spiro atoms. The molecule has 2 aromatic rings. The number of carbonyl (C=O) groups excluding carboxylic acids is 2. The van der Waals surface area contributed by atoms with Crippen molar-refractivity contribution in [2.24, 2.45) is 5.92 Å². The fourth-order valence-corrected chi connectivity index (χ4v) is 7.79. The van der Waals surface area contributed by atoms with Crippen molar-refractivity contribution in [3.8, 4) is 0 Å². The Morgan fingerprint density at radius 1 is 1.21 bits per heavy atom. The summed E-state index contributed by atoms with van der Waals surface area (Å²) in [7, 11) is 2.14. The molecule has 0 bridgehead atoms. The van der Waals surface area contributed by atoms with Crippen molar-refractivity contribution in [3.05, 3.63) is 70.6 Å². The number of thioether (sulfide) groups is 1. The monoisotopic (exact) mass is 612 g/mol. The van der Waals surface area contributed by atoms with Crippen molar-refractivity contribution in [1.82, 2.24) is 20.5 Å². The predicted molar refractivity (Wildman–Crippen MR) is 170 cm³/mol. The van der Waals surface area contributed by atoms with Crippen LogP contribution in [0, 0.1) is 12.8 Å². The number of aryl methyl sites for hydroxylation is 1. The number of allylic oxidation sites excluding steroid dienone is 3. The summed E-state index contributed by atoms with van der Waals surface area (Å²) in [5.74, 6) is 1.62. The summed E-state index contributed by atoms with van der Waals surface area (Å²) in [6.07, 6.45) is 13.5. The standard InChI is InChI=1S/C32H41ClN4O4S/c1-4-37(3)31(29-20(2)24-18-22(33)13-15-25(24)34-29)21-8-7-9-23(14-12-21)40-16-17-41-28(38)11-6-5-10-27-30-26(19-42-27)35-32(39)36-30/h7-9,12-15,18,21,26-27,30-31,34H,4-6,10-11,16-17,19H2,1-3H3,(H2,35,36,39). The summed E-state index contributed by atoms with van der Waals surface area (Å²) in [6, 6.07) is 6.47. The Bertz CT molecular complexity index is 1370. The molecule has 1 aromatic carbocycles. The first-order valence-electron chi connectivity index (χ1n) is 14.9. The van der Waals surface area contributed by atoms with Gasteiger partial charge in [0.05, 0.1) is 18.1 Å². The summed E-state index contributed by atoms with van der Waals surface area (Å²) in [4.78, 5) is 29.7. The third-order valence-electron chi connectivity index (χ3n) is 8.44. The van der Waals surface area contributed by atoms with Crippen LogP contribution in [0.2, 0.25) is 5.02 Å². The number of urea groups is 1. The predicted octanol–water partition coefficient (Wildman–Crippen LogP) is 6.03. The van der Waals surface area contributed by atoms with Gasteiger partial charge in [0, 0.05) is 45.0 Å². The van der Waals surface area contributed by atoms with Crippen LogP contribution >= 0.6 is 23.4 Å². The zero-order valence-corrected chi connectivity index (χ0v) is 26.1. The molecule has 3 N–H and O–H groups in total. The van der Waals surface area contributed by atoms with Gasteiger partial charge in [-0.05, 0) is 69.3 Å². The van der Waals surface area contributed by atoms with E-state index in [9.17, 15) is 9.59 Å². The number of carbonyl (C=O) groups is 2.